The van der Waals surface area contributed by atoms with Crippen molar-refractivity contribution in [1.29, 1.82) is 0 Å². The third-order valence-corrected chi connectivity index (χ3v) is 6.18. The number of ether oxygens (including phenoxy) is 1. The minimum Gasteiger partial charge on any atom is -0.484 e. The fraction of sp³-hybridized carbons (Fsp3) is 0.318. The number of hydrogen-bond donors (Lipinski definition) is 0. The third-order valence-electron chi connectivity index (χ3n) is 5.04. The molecule has 28 heavy (non-hydrogen) atoms. The van der Waals surface area contributed by atoms with Crippen molar-refractivity contribution in [2.24, 2.45) is 0 Å². The Balaban J connectivity index is 1.46. The van der Waals surface area contributed by atoms with Gasteiger partial charge in [-0.3, -0.25) is 9.59 Å². The van der Waals surface area contributed by atoms with Crippen LogP contribution >= 0.6 is 11.3 Å². The van der Waals surface area contributed by atoms with E-state index in [1.54, 1.807) is 35.6 Å². The molecule has 1 aromatic heterocycles. The Morgan fingerprint density at radius 1 is 1.14 bits per heavy atom. The van der Waals surface area contributed by atoms with Gasteiger partial charge in [0.15, 0.2) is 12.4 Å². The smallest absolute Gasteiger partial charge is 0.261 e. The van der Waals surface area contributed by atoms with Gasteiger partial charge in [-0.05, 0) is 62.6 Å². The summed E-state index contributed by atoms with van der Waals surface area (Å²) in [7, 11) is 0. The molecule has 144 valence electrons. The summed E-state index contributed by atoms with van der Waals surface area (Å²) in [5.41, 5.74) is 1.62. The summed E-state index contributed by atoms with van der Waals surface area (Å²) in [6.45, 7) is 2.24. The Bertz CT molecular complexity index is 963. The second-order valence-corrected chi connectivity index (χ2v) is 8.05. The Morgan fingerprint density at radius 2 is 1.93 bits per heavy atom. The first kappa shape index (κ1) is 18.6. The van der Waals surface area contributed by atoms with Crippen molar-refractivity contribution < 1.29 is 14.3 Å². The van der Waals surface area contributed by atoms with E-state index >= 15 is 0 Å². The van der Waals surface area contributed by atoms with E-state index in [0.29, 0.717) is 11.3 Å². The summed E-state index contributed by atoms with van der Waals surface area (Å²) >= 11 is 1.67. The predicted molar refractivity (Wildman–Crippen MR) is 110 cm³/mol. The zero-order valence-corrected chi connectivity index (χ0v) is 16.6. The molecular weight excluding hydrogens is 372 g/mol. The minimum absolute atomic E-state index is 0.00891. The van der Waals surface area contributed by atoms with Gasteiger partial charge in [0, 0.05) is 12.1 Å². The molecule has 0 saturated carbocycles. The highest BCUT2D eigenvalue weighted by Gasteiger charge is 2.30. The lowest BCUT2D eigenvalue weighted by atomic mass is 10.0. The Morgan fingerprint density at radius 3 is 2.68 bits per heavy atom. The summed E-state index contributed by atoms with van der Waals surface area (Å²) in [6.07, 6.45) is 3.02. The maximum Gasteiger partial charge on any atom is 0.261 e. The van der Waals surface area contributed by atoms with Gasteiger partial charge >= 0.3 is 0 Å². The second-order valence-electron chi connectivity index (χ2n) is 6.99. The summed E-state index contributed by atoms with van der Waals surface area (Å²) in [5.74, 6) is 0.570. The Labute approximate surface area is 168 Å². The number of ketones is 1. The molecule has 6 heteroatoms. The number of thiazole rings is 1. The monoisotopic (exact) mass is 394 g/mol. The molecule has 1 atom stereocenters. The Hall–Kier alpha value is -2.73. The van der Waals surface area contributed by atoms with Gasteiger partial charge in [0.1, 0.15) is 10.8 Å². The molecule has 1 unspecified atom stereocenters. The van der Waals surface area contributed by atoms with Gasteiger partial charge < -0.3 is 9.64 Å². The van der Waals surface area contributed by atoms with Crippen LogP contribution in [0.2, 0.25) is 0 Å². The fourth-order valence-electron chi connectivity index (χ4n) is 3.53. The van der Waals surface area contributed by atoms with Gasteiger partial charge in [-0.1, -0.05) is 12.1 Å². The number of rotatable bonds is 5. The first-order valence-corrected chi connectivity index (χ1v) is 10.3. The SMILES string of the molecule is CC(=O)c1ccc(OCC(=O)N2CCCCC2c2nc3ccccc3s2)cc1. The van der Waals surface area contributed by atoms with Crippen LogP contribution in [0, 0.1) is 0 Å². The van der Waals surface area contributed by atoms with E-state index in [0.717, 1.165) is 41.0 Å². The van der Waals surface area contributed by atoms with Crippen molar-refractivity contribution in [3.63, 3.8) is 0 Å². The van der Waals surface area contributed by atoms with E-state index in [9.17, 15) is 9.59 Å². The van der Waals surface area contributed by atoms with Crippen molar-refractivity contribution >= 4 is 33.2 Å². The lowest BCUT2D eigenvalue weighted by Crippen LogP contribution is -2.41. The molecule has 0 N–H and O–H groups in total. The highest BCUT2D eigenvalue weighted by molar-refractivity contribution is 7.18. The molecule has 1 aliphatic heterocycles. The molecule has 2 heterocycles. The van der Waals surface area contributed by atoms with Gasteiger partial charge in [-0.15, -0.1) is 11.3 Å². The molecule has 0 radical (unpaired) electrons. The molecule has 0 aliphatic carbocycles. The van der Waals surface area contributed by atoms with Crippen LogP contribution < -0.4 is 4.74 Å². The van der Waals surface area contributed by atoms with Gasteiger partial charge in [0.25, 0.3) is 5.91 Å². The van der Waals surface area contributed by atoms with Gasteiger partial charge in [-0.25, -0.2) is 4.98 Å². The number of Topliss-reactive ketones (excluding diaryl/α,β-unsaturated/α-hetero) is 1. The predicted octanol–water partition coefficient (Wildman–Crippen LogP) is 4.63. The normalized spacial score (nSPS) is 16.9. The number of para-hydroxylation sites is 1. The van der Waals surface area contributed by atoms with E-state index in [-0.39, 0.29) is 24.3 Å². The maximum atomic E-state index is 12.9. The number of piperidine rings is 1. The van der Waals surface area contributed by atoms with Crippen LogP contribution in [0.4, 0.5) is 0 Å². The molecule has 3 aromatic rings. The number of nitrogens with zero attached hydrogens (tertiary/aromatic N) is 2. The zero-order valence-electron chi connectivity index (χ0n) is 15.8. The highest BCUT2D eigenvalue weighted by Crippen LogP contribution is 2.35. The fourth-order valence-corrected chi connectivity index (χ4v) is 4.65. The van der Waals surface area contributed by atoms with Crippen LogP contribution in [-0.2, 0) is 4.79 Å². The summed E-state index contributed by atoms with van der Waals surface area (Å²) < 4.78 is 6.83. The number of fused-ring (bicyclic) bond motifs is 1. The molecule has 0 bridgehead atoms. The second kappa shape index (κ2) is 8.10. The maximum absolute atomic E-state index is 12.9. The third kappa shape index (κ3) is 3.92. The standard InChI is InChI=1S/C22H22N2O3S/c1-15(25)16-9-11-17(12-10-16)27-14-21(26)24-13-5-4-7-19(24)22-23-18-6-2-3-8-20(18)28-22/h2-3,6,8-12,19H,4-5,7,13-14H2,1H3. The molecule has 1 aliphatic rings. The van der Waals surface area contributed by atoms with E-state index in [4.69, 9.17) is 9.72 Å². The minimum atomic E-state index is -0.0281. The summed E-state index contributed by atoms with van der Waals surface area (Å²) in [6, 6.07) is 15.0. The Kier molecular flexibility index (Phi) is 5.39. The molecule has 2 aromatic carbocycles. The average Bonchev–Trinajstić information content (AvgIpc) is 3.16. The summed E-state index contributed by atoms with van der Waals surface area (Å²) in [5, 5.41) is 1.00. The molecule has 5 nitrogen and oxygen atoms in total. The molecular formula is C22H22N2O3S. The van der Waals surface area contributed by atoms with E-state index in [1.165, 1.54) is 6.92 Å². The van der Waals surface area contributed by atoms with Gasteiger partial charge in [0.2, 0.25) is 0 Å². The number of hydrogen-bond acceptors (Lipinski definition) is 5. The van der Waals surface area contributed by atoms with E-state index in [2.05, 4.69) is 6.07 Å². The number of amides is 1. The lowest BCUT2D eigenvalue weighted by molar-refractivity contribution is -0.137. The number of likely N-dealkylation sites (tertiary alicyclic amines) is 1. The number of carbonyl (C=O) groups excluding carboxylic acids is 2. The highest BCUT2D eigenvalue weighted by atomic mass is 32.1. The molecule has 1 saturated heterocycles. The van der Waals surface area contributed by atoms with Crippen LogP contribution in [0.15, 0.2) is 48.5 Å². The zero-order chi connectivity index (χ0) is 19.5. The van der Waals surface area contributed by atoms with Gasteiger partial charge in [-0.2, -0.15) is 0 Å². The molecule has 1 amide bonds. The largest absolute Gasteiger partial charge is 0.484 e. The first-order valence-electron chi connectivity index (χ1n) is 9.50. The number of aromatic nitrogens is 1. The topological polar surface area (TPSA) is 59.5 Å². The van der Waals surface area contributed by atoms with E-state index in [1.807, 2.05) is 23.1 Å². The van der Waals surface area contributed by atoms with E-state index < -0.39 is 0 Å². The van der Waals surface area contributed by atoms with Crippen LogP contribution in [-0.4, -0.2) is 34.7 Å². The number of carbonyl (C=O) groups is 2. The summed E-state index contributed by atoms with van der Waals surface area (Å²) in [4.78, 5) is 30.9. The van der Waals surface area contributed by atoms with Crippen LogP contribution in [0.5, 0.6) is 5.75 Å². The van der Waals surface area contributed by atoms with Crippen molar-refractivity contribution in [3.05, 3.63) is 59.1 Å². The van der Waals surface area contributed by atoms with Gasteiger partial charge in [0.05, 0.1) is 16.3 Å². The first-order chi connectivity index (χ1) is 13.6. The van der Waals surface area contributed by atoms with Crippen molar-refractivity contribution in [2.75, 3.05) is 13.2 Å². The van der Waals surface area contributed by atoms with Crippen molar-refractivity contribution in [1.82, 2.24) is 9.88 Å². The lowest BCUT2D eigenvalue weighted by Gasteiger charge is -2.34. The van der Waals surface area contributed by atoms with Crippen LogP contribution in [0.25, 0.3) is 10.2 Å². The van der Waals surface area contributed by atoms with Crippen LogP contribution in [0.3, 0.4) is 0 Å². The van der Waals surface area contributed by atoms with Crippen molar-refractivity contribution in [3.8, 4) is 5.75 Å². The average molecular weight is 394 g/mol. The molecule has 1 fully saturated rings. The molecule has 4 rings (SSSR count). The van der Waals surface area contributed by atoms with Crippen molar-refractivity contribution in [2.45, 2.75) is 32.2 Å². The quantitative estimate of drug-likeness (QED) is 0.592. The number of benzene rings is 2. The molecule has 0 spiro atoms. The van der Waals surface area contributed by atoms with Crippen LogP contribution in [0.1, 0.15) is 47.6 Å².